The second-order valence-electron chi connectivity index (χ2n) is 6.92. The highest BCUT2D eigenvalue weighted by atomic mass is 32.2. The van der Waals surface area contributed by atoms with Gasteiger partial charge in [0.15, 0.2) is 9.84 Å². The van der Waals surface area contributed by atoms with Gasteiger partial charge >= 0.3 is 0 Å². The second-order valence-corrected chi connectivity index (χ2v) is 10.1. The van der Waals surface area contributed by atoms with E-state index in [1.54, 1.807) is 44.5 Å². The van der Waals surface area contributed by atoms with Gasteiger partial charge in [0.2, 0.25) is 5.91 Å². The summed E-state index contributed by atoms with van der Waals surface area (Å²) in [6.45, 7) is -0.0389. The molecule has 8 nitrogen and oxygen atoms in total. The molecule has 2 fully saturated rings. The fourth-order valence-corrected chi connectivity index (χ4v) is 5.88. The van der Waals surface area contributed by atoms with E-state index in [0.29, 0.717) is 12.2 Å². The van der Waals surface area contributed by atoms with E-state index in [9.17, 15) is 22.8 Å². The lowest BCUT2D eigenvalue weighted by Crippen LogP contribution is -2.40. The Morgan fingerprint density at radius 2 is 2.14 bits per heavy atom. The van der Waals surface area contributed by atoms with E-state index in [1.807, 2.05) is 0 Å². The first kappa shape index (κ1) is 21.4. The molecule has 1 unspecified atom stereocenters. The molecule has 2 saturated heterocycles. The van der Waals surface area contributed by atoms with E-state index in [0.717, 1.165) is 22.2 Å². The number of rotatable bonds is 6. The molecular formula is C19H22N2O6S2. The Labute approximate surface area is 173 Å². The van der Waals surface area contributed by atoms with Gasteiger partial charge in [0.25, 0.3) is 11.1 Å². The summed E-state index contributed by atoms with van der Waals surface area (Å²) in [6, 6.07) is 6.76. The lowest BCUT2D eigenvalue weighted by molar-refractivity contribution is -0.132. The van der Waals surface area contributed by atoms with Crippen molar-refractivity contribution < 1.29 is 27.5 Å². The normalized spacial score (nSPS) is 22.3. The van der Waals surface area contributed by atoms with Crippen LogP contribution in [-0.4, -0.2) is 73.5 Å². The summed E-state index contributed by atoms with van der Waals surface area (Å²) < 4.78 is 28.3. The van der Waals surface area contributed by atoms with Crippen molar-refractivity contribution in [3.8, 4) is 5.75 Å². The van der Waals surface area contributed by atoms with Crippen molar-refractivity contribution in [2.24, 2.45) is 0 Å². The predicted octanol–water partition coefficient (Wildman–Crippen LogP) is 1.77. The van der Waals surface area contributed by atoms with Gasteiger partial charge in [-0.15, -0.1) is 0 Å². The van der Waals surface area contributed by atoms with Crippen LogP contribution in [0.25, 0.3) is 6.08 Å². The number of ether oxygens (including phenoxy) is 1. The van der Waals surface area contributed by atoms with E-state index in [1.165, 1.54) is 4.90 Å². The van der Waals surface area contributed by atoms with E-state index in [-0.39, 0.29) is 41.3 Å². The Hall–Kier alpha value is -2.33. The zero-order valence-corrected chi connectivity index (χ0v) is 17.8. The van der Waals surface area contributed by atoms with Crippen LogP contribution in [-0.2, 0) is 19.4 Å². The van der Waals surface area contributed by atoms with Crippen LogP contribution < -0.4 is 4.74 Å². The average molecular weight is 439 g/mol. The van der Waals surface area contributed by atoms with Gasteiger partial charge in [-0.3, -0.25) is 19.3 Å². The summed E-state index contributed by atoms with van der Waals surface area (Å²) in [5.41, 5.74) is 0.730. The predicted molar refractivity (Wildman–Crippen MR) is 110 cm³/mol. The van der Waals surface area contributed by atoms with Crippen molar-refractivity contribution in [2.45, 2.75) is 18.9 Å². The molecule has 3 amide bonds. The Balaban J connectivity index is 1.61. The molecule has 2 heterocycles. The SMILES string of the molecule is COc1cccc(/C=C2/SC(=O)N(CCC(=O)N(C)C3CCS(=O)(=O)C3)C2=O)c1. The van der Waals surface area contributed by atoms with Gasteiger partial charge in [-0.2, -0.15) is 0 Å². The molecule has 2 aliphatic rings. The Kier molecular flexibility index (Phi) is 6.33. The van der Waals surface area contributed by atoms with Crippen LogP contribution in [0.15, 0.2) is 29.2 Å². The monoisotopic (exact) mass is 438 g/mol. The van der Waals surface area contributed by atoms with E-state index >= 15 is 0 Å². The van der Waals surface area contributed by atoms with Crippen molar-refractivity contribution in [3.63, 3.8) is 0 Å². The largest absolute Gasteiger partial charge is 0.497 e. The first-order valence-corrected chi connectivity index (χ1v) is 11.7. The number of thioether (sulfide) groups is 1. The molecule has 1 atom stereocenters. The molecule has 0 spiro atoms. The van der Waals surface area contributed by atoms with Gasteiger partial charge in [-0.05, 0) is 42.0 Å². The molecule has 0 radical (unpaired) electrons. The minimum absolute atomic E-state index is 0.0389. The summed E-state index contributed by atoms with van der Waals surface area (Å²) in [5, 5.41) is -0.428. The number of carbonyl (C=O) groups is 3. The number of imide groups is 1. The van der Waals surface area contributed by atoms with Crippen LogP contribution in [0.1, 0.15) is 18.4 Å². The average Bonchev–Trinajstić information content (AvgIpc) is 3.18. The van der Waals surface area contributed by atoms with Gasteiger partial charge in [-0.25, -0.2) is 8.42 Å². The van der Waals surface area contributed by atoms with E-state index in [4.69, 9.17) is 4.74 Å². The Bertz CT molecular complexity index is 973. The van der Waals surface area contributed by atoms with Gasteiger partial charge in [0, 0.05) is 26.1 Å². The summed E-state index contributed by atoms with van der Waals surface area (Å²) in [7, 11) is 0.00697. The maximum atomic E-state index is 12.6. The van der Waals surface area contributed by atoms with Gasteiger partial charge in [0.1, 0.15) is 5.75 Å². The molecule has 2 aliphatic heterocycles. The second kappa shape index (κ2) is 8.58. The quantitative estimate of drug-likeness (QED) is 0.624. The number of hydrogen-bond acceptors (Lipinski definition) is 7. The molecule has 1 aromatic rings. The van der Waals surface area contributed by atoms with Crippen molar-refractivity contribution in [3.05, 3.63) is 34.7 Å². The van der Waals surface area contributed by atoms with Crippen molar-refractivity contribution >= 4 is 44.7 Å². The van der Waals surface area contributed by atoms with Gasteiger partial charge in [-0.1, -0.05) is 12.1 Å². The molecule has 0 aromatic heterocycles. The van der Waals surface area contributed by atoms with Crippen LogP contribution in [0.3, 0.4) is 0 Å². The molecule has 0 N–H and O–H groups in total. The smallest absolute Gasteiger partial charge is 0.293 e. The van der Waals surface area contributed by atoms with Crippen molar-refractivity contribution in [1.29, 1.82) is 0 Å². The number of hydrogen-bond donors (Lipinski definition) is 0. The summed E-state index contributed by atoms with van der Waals surface area (Å²) in [4.78, 5) is 40.0. The maximum absolute atomic E-state index is 12.6. The minimum atomic E-state index is -3.10. The van der Waals surface area contributed by atoms with Crippen LogP contribution in [0.2, 0.25) is 0 Å². The van der Waals surface area contributed by atoms with E-state index < -0.39 is 21.0 Å². The van der Waals surface area contributed by atoms with Crippen LogP contribution in [0, 0.1) is 0 Å². The third kappa shape index (κ3) is 4.99. The lowest BCUT2D eigenvalue weighted by Gasteiger charge is -2.24. The number of benzene rings is 1. The van der Waals surface area contributed by atoms with Crippen LogP contribution in [0.4, 0.5) is 4.79 Å². The molecule has 3 rings (SSSR count). The fraction of sp³-hybridized carbons (Fsp3) is 0.421. The third-order valence-corrected chi connectivity index (χ3v) is 7.62. The summed E-state index contributed by atoms with van der Waals surface area (Å²) >= 11 is 0.829. The molecule has 10 heteroatoms. The molecule has 0 aliphatic carbocycles. The first-order chi connectivity index (χ1) is 13.7. The van der Waals surface area contributed by atoms with Crippen molar-refractivity contribution in [1.82, 2.24) is 9.80 Å². The fourth-order valence-electron chi connectivity index (χ4n) is 3.24. The zero-order valence-electron chi connectivity index (χ0n) is 16.2. The van der Waals surface area contributed by atoms with Crippen LogP contribution in [0.5, 0.6) is 5.75 Å². The Morgan fingerprint density at radius 3 is 2.79 bits per heavy atom. The van der Waals surface area contributed by atoms with Gasteiger partial charge < -0.3 is 9.64 Å². The zero-order chi connectivity index (χ0) is 21.2. The number of carbonyl (C=O) groups excluding carboxylic acids is 3. The topological polar surface area (TPSA) is 101 Å². The van der Waals surface area contributed by atoms with E-state index in [2.05, 4.69) is 0 Å². The molecule has 1 aromatic carbocycles. The number of amides is 3. The summed E-state index contributed by atoms with van der Waals surface area (Å²) in [5.74, 6) is -0.0572. The van der Waals surface area contributed by atoms with Gasteiger partial charge in [0.05, 0.1) is 23.5 Å². The molecule has 0 bridgehead atoms. The number of sulfone groups is 1. The standard InChI is InChI=1S/C19H22N2O6S2/c1-20(14-7-9-29(25,26)12-14)17(22)6-8-21-18(23)16(28-19(21)24)11-13-4-3-5-15(10-13)27-2/h3-5,10-11,14H,6-9,12H2,1-2H3/b16-11+. The highest BCUT2D eigenvalue weighted by Gasteiger charge is 2.36. The minimum Gasteiger partial charge on any atom is -0.497 e. The first-order valence-electron chi connectivity index (χ1n) is 9.05. The molecule has 0 saturated carbocycles. The summed E-state index contributed by atoms with van der Waals surface area (Å²) in [6.07, 6.45) is 1.98. The van der Waals surface area contributed by atoms with Crippen LogP contribution >= 0.6 is 11.8 Å². The van der Waals surface area contributed by atoms with Crippen molar-refractivity contribution in [2.75, 3.05) is 32.2 Å². The molecule has 29 heavy (non-hydrogen) atoms. The third-order valence-electron chi connectivity index (χ3n) is 4.96. The highest BCUT2D eigenvalue weighted by Crippen LogP contribution is 2.32. The number of nitrogens with zero attached hydrogens (tertiary/aromatic N) is 2. The Morgan fingerprint density at radius 1 is 1.38 bits per heavy atom. The highest BCUT2D eigenvalue weighted by molar-refractivity contribution is 8.18. The molecule has 156 valence electrons. The molecular weight excluding hydrogens is 416 g/mol. The number of methoxy groups -OCH3 is 1. The lowest BCUT2D eigenvalue weighted by atomic mass is 10.2. The maximum Gasteiger partial charge on any atom is 0.293 e.